The monoisotopic (exact) mass is 543 g/mol. The number of amides is 2. The number of halogens is 3. The predicted molar refractivity (Wildman–Crippen MR) is 140 cm³/mol. The normalized spacial score (nSPS) is 22.5. The highest BCUT2D eigenvalue weighted by Crippen LogP contribution is 2.39. The highest BCUT2D eigenvalue weighted by molar-refractivity contribution is 6.03. The number of rotatable bonds is 9. The third-order valence-corrected chi connectivity index (χ3v) is 7.91. The van der Waals surface area contributed by atoms with Gasteiger partial charge in [-0.3, -0.25) is 14.4 Å². The smallest absolute Gasteiger partial charge is 0.384 e. The third kappa shape index (κ3) is 6.02. The number of anilines is 2. The van der Waals surface area contributed by atoms with Gasteiger partial charge in [-0.1, -0.05) is 0 Å². The average Bonchev–Trinajstić information content (AvgIpc) is 3.68. The zero-order chi connectivity index (χ0) is 27.9. The molecule has 0 radical (unpaired) electrons. The number of benzene rings is 1. The van der Waals surface area contributed by atoms with Gasteiger partial charge >= 0.3 is 6.18 Å². The Balaban J connectivity index is 1.25. The third-order valence-electron chi connectivity index (χ3n) is 7.91. The van der Waals surface area contributed by atoms with E-state index in [0.29, 0.717) is 11.1 Å². The van der Waals surface area contributed by atoms with Crippen LogP contribution in [0.1, 0.15) is 81.6 Å². The van der Waals surface area contributed by atoms with Crippen molar-refractivity contribution in [2.24, 2.45) is 11.7 Å². The van der Waals surface area contributed by atoms with Crippen molar-refractivity contribution in [2.75, 3.05) is 16.8 Å². The second-order valence-electron chi connectivity index (χ2n) is 10.8. The molecule has 11 heteroatoms. The summed E-state index contributed by atoms with van der Waals surface area (Å²) in [4.78, 5) is 44.3. The number of pyridine rings is 1. The summed E-state index contributed by atoms with van der Waals surface area (Å²) in [6.45, 7) is 1.22. The van der Waals surface area contributed by atoms with Gasteiger partial charge in [-0.05, 0) is 75.3 Å². The van der Waals surface area contributed by atoms with Crippen molar-refractivity contribution >= 4 is 29.1 Å². The number of hydrogen-bond donors (Lipinski definition) is 3. The van der Waals surface area contributed by atoms with Crippen molar-refractivity contribution in [1.82, 2.24) is 10.3 Å². The predicted octanol–water partition coefficient (Wildman–Crippen LogP) is 4.38. The van der Waals surface area contributed by atoms with Gasteiger partial charge in [0.1, 0.15) is 5.82 Å². The first-order chi connectivity index (χ1) is 18.5. The molecule has 0 unspecified atom stereocenters. The van der Waals surface area contributed by atoms with Gasteiger partial charge in [0.15, 0.2) is 5.78 Å². The molecule has 2 amide bonds. The molecule has 1 saturated carbocycles. The lowest BCUT2D eigenvalue weighted by molar-refractivity contribution is -0.131. The van der Waals surface area contributed by atoms with E-state index in [0.717, 1.165) is 44.3 Å². The number of nitrogens with zero attached hydrogens (tertiary/aromatic N) is 2. The minimum absolute atomic E-state index is 0.0370. The minimum atomic E-state index is -4.36. The number of nitrogens with two attached hydrogens (primary N) is 1. The van der Waals surface area contributed by atoms with Crippen molar-refractivity contribution in [2.45, 2.75) is 76.2 Å². The highest BCUT2D eigenvalue weighted by Gasteiger charge is 2.42. The zero-order valence-corrected chi connectivity index (χ0v) is 21.7. The van der Waals surface area contributed by atoms with Crippen LogP contribution >= 0.6 is 0 Å². The van der Waals surface area contributed by atoms with E-state index in [4.69, 9.17) is 5.73 Å². The van der Waals surface area contributed by atoms with E-state index >= 15 is 0 Å². The van der Waals surface area contributed by atoms with Gasteiger partial charge in [-0.25, -0.2) is 4.98 Å². The van der Waals surface area contributed by atoms with Crippen LogP contribution in [0.2, 0.25) is 0 Å². The Morgan fingerprint density at radius 2 is 1.74 bits per heavy atom. The molecule has 0 spiro atoms. The van der Waals surface area contributed by atoms with Crippen LogP contribution in [0.3, 0.4) is 0 Å². The number of primary amides is 1. The van der Waals surface area contributed by atoms with Gasteiger partial charge in [0.05, 0.1) is 12.0 Å². The topological polar surface area (TPSA) is 117 Å². The van der Waals surface area contributed by atoms with Crippen LogP contribution in [0, 0.1) is 12.8 Å². The number of fused-ring (bicyclic) bond motifs is 2. The quantitative estimate of drug-likeness (QED) is 0.404. The summed E-state index contributed by atoms with van der Waals surface area (Å²) < 4.78 is 37.9. The molecule has 1 aromatic carbocycles. The fraction of sp³-hybridized carbons (Fsp3) is 0.500. The lowest BCUT2D eigenvalue weighted by Gasteiger charge is -2.40. The second kappa shape index (κ2) is 10.5. The van der Waals surface area contributed by atoms with Gasteiger partial charge in [-0.15, -0.1) is 0 Å². The Morgan fingerprint density at radius 1 is 1.05 bits per heavy atom. The molecule has 39 heavy (non-hydrogen) atoms. The Labute approximate surface area is 224 Å². The molecule has 2 aliphatic heterocycles. The second-order valence-corrected chi connectivity index (χ2v) is 10.8. The maximum absolute atomic E-state index is 13.3. The molecular weight excluding hydrogens is 511 g/mol. The summed E-state index contributed by atoms with van der Waals surface area (Å²) in [5, 5.41) is 5.70. The van der Waals surface area contributed by atoms with E-state index in [1.165, 1.54) is 12.1 Å². The molecule has 2 bridgehead atoms. The molecule has 3 aliphatic rings. The molecule has 3 atom stereocenters. The van der Waals surface area contributed by atoms with E-state index in [2.05, 4.69) is 20.5 Å². The van der Waals surface area contributed by atoms with Crippen molar-refractivity contribution in [3.05, 3.63) is 52.7 Å². The molecule has 4 N–H and O–H groups in total. The molecule has 1 aliphatic carbocycles. The Bertz CT molecular complexity index is 1260. The Morgan fingerprint density at radius 3 is 2.31 bits per heavy atom. The molecule has 3 fully saturated rings. The van der Waals surface area contributed by atoms with Crippen molar-refractivity contribution in [1.29, 1.82) is 0 Å². The molecular formula is C28H32F3N5O3. The maximum Gasteiger partial charge on any atom is 0.390 e. The van der Waals surface area contributed by atoms with Crippen LogP contribution in [0.5, 0.6) is 0 Å². The summed E-state index contributed by atoms with van der Waals surface area (Å²) in [6, 6.07) is 6.92. The van der Waals surface area contributed by atoms with Crippen LogP contribution in [0.15, 0.2) is 30.5 Å². The summed E-state index contributed by atoms with van der Waals surface area (Å²) in [5.41, 5.74) is 7.01. The number of carbonyl (C=O) groups is 3. The minimum Gasteiger partial charge on any atom is -0.384 e. The van der Waals surface area contributed by atoms with E-state index in [-0.39, 0.29) is 52.5 Å². The summed E-state index contributed by atoms with van der Waals surface area (Å²) in [7, 11) is 0. The standard InChI is InChI=1S/C28H32F3N5O3/c1-15-10-22(26(32)38)23(33-9-8-28(29,30)31)13-21(15)27(39)35-18-11-19-5-6-20(12-18)36(19)24-7-4-17(14-34-24)25(37)16-2-3-16/h4,7,10,13-14,16,18-20,33H,2-3,5-6,8-9,11-12H2,1H3,(H2,32,38)(H,35,39)/t18-,19+,20-. The van der Waals surface area contributed by atoms with Crippen LogP contribution in [-0.2, 0) is 0 Å². The SMILES string of the molecule is Cc1cc(C(N)=O)c(NCCC(F)(F)F)cc1C(=O)N[C@H]1C[C@H]2CC[C@@H](C1)N2c1ccc(C(=O)C2CC2)cn1. The molecule has 2 aromatic rings. The van der Waals surface area contributed by atoms with E-state index < -0.39 is 25.0 Å². The van der Waals surface area contributed by atoms with Gasteiger partial charge in [-0.2, -0.15) is 13.2 Å². The lowest BCUT2D eigenvalue weighted by Crippen LogP contribution is -2.50. The molecule has 3 heterocycles. The first-order valence-electron chi connectivity index (χ1n) is 13.3. The molecule has 208 valence electrons. The number of alkyl halides is 3. The highest BCUT2D eigenvalue weighted by atomic mass is 19.4. The van der Waals surface area contributed by atoms with Gasteiger partial charge in [0.25, 0.3) is 11.8 Å². The van der Waals surface area contributed by atoms with Crippen LogP contribution in [0.4, 0.5) is 24.7 Å². The summed E-state index contributed by atoms with van der Waals surface area (Å²) >= 11 is 0. The number of ketones is 1. The van der Waals surface area contributed by atoms with Crippen LogP contribution < -0.4 is 21.3 Å². The van der Waals surface area contributed by atoms with Crippen molar-refractivity contribution in [3.8, 4) is 0 Å². The van der Waals surface area contributed by atoms with Crippen LogP contribution in [-0.4, -0.2) is 53.4 Å². The summed E-state index contributed by atoms with van der Waals surface area (Å²) in [6.07, 6.45) is 1.53. The number of nitrogens with one attached hydrogen (secondary N) is 2. The van der Waals surface area contributed by atoms with Crippen molar-refractivity contribution in [3.63, 3.8) is 0 Å². The molecule has 2 saturated heterocycles. The van der Waals surface area contributed by atoms with Gasteiger partial charge in [0, 0.05) is 53.6 Å². The first-order valence-corrected chi connectivity index (χ1v) is 13.3. The maximum atomic E-state index is 13.3. The Hall–Kier alpha value is -3.63. The number of aromatic nitrogens is 1. The van der Waals surface area contributed by atoms with E-state index in [1.54, 1.807) is 13.1 Å². The Kier molecular flexibility index (Phi) is 7.26. The van der Waals surface area contributed by atoms with Crippen molar-refractivity contribution < 1.29 is 27.6 Å². The number of piperidine rings is 1. The van der Waals surface area contributed by atoms with Gasteiger partial charge in [0.2, 0.25) is 0 Å². The first kappa shape index (κ1) is 27.0. The van der Waals surface area contributed by atoms with Gasteiger partial charge < -0.3 is 21.3 Å². The largest absolute Gasteiger partial charge is 0.390 e. The number of aryl methyl sites for hydroxylation is 1. The number of hydrogen-bond acceptors (Lipinski definition) is 6. The molecule has 5 rings (SSSR count). The fourth-order valence-corrected chi connectivity index (χ4v) is 5.84. The summed E-state index contributed by atoms with van der Waals surface area (Å²) in [5.74, 6) is 0.0160. The molecule has 8 nitrogen and oxygen atoms in total. The molecule has 1 aromatic heterocycles. The lowest BCUT2D eigenvalue weighted by atomic mass is 9.95. The van der Waals surface area contributed by atoms with Crippen LogP contribution in [0.25, 0.3) is 0 Å². The number of carbonyl (C=O) groups excluding carboxylic acids is 3. The van der Waals surface area contributed by atoms with E-state index in [1.807, 2.05) is 12.1 Å². The number of Topliss-reactive ketones (excluding diaryl/α,β-unsaturated/α-hetero) is 1. The zero-order valence-electron chi connectivity index (χ0n) is 21.7. The average molecular weight is 544 g/mol. The van der Waals surface area contributed by atoms with E-state index in [9.17, 15) is 27.6 Å². The fourth-order valence-electron chi connectivity index (χ4n) is 5.84.